The minimum atomic E-state index is 0.148. The van der Waals surface area contributed by atoms with Gasteiger partial charge >= 0.3 is 0 Å². The summed E-state index contributed by atoms with van der Waals surface area (Å²) in [6.45, 7) is 0.799. The minimum Gasteiger partial charge on any atom is -0.396 e. The highest BCUT2D eigenvalue weighted by molar-refractivity contribution is 6.30. The summed E-state index contributed by atoms with van der Waals surface area (Å²) in [6, 6.07) is 7.55. The largest absolute Gasteiger partial charge is 0.396 e. The van der Waals surface area contributed by atoms with Crippen LogP contribution in [0.25, 0.3) is 11.3 Å². The van der Waals surface area contributed by atoms with Crippen LogP contribution in [0.1, 0.15) is 6.42 Å². The van der Waals surface area contributed by atoms with Gasteiger partial charge in [0.25, 0.3) is 0 Å². The summed E-state index contributed by atoms with van der Waals surface area (Å²) < 4.78 is 1.77. The SMILES string of the molecule is OCCCn1nncc1-c1cccc(Cl)c1. The molecule has 5 heteroatoms. The predicted octanol–water partition coefficient (Wildman–Crippen LogP) is 1.98. The maximum absolute atomic E-state index is 8.79. The maximum Gasteiger partial charge on any atom is 0.0886 e. The lowest BCUT2D eigenvalue weighted by molar-refractivity contribution is 0.276. The zero-order chi connectivity index (χ0) is 11.4. The van der Waals surface area contributed by atoms with Crippen molar-refractivity contribution in [3.8, 4) is 11.3 Å². The monoisotopic (exact) mass is 237 g/mol. The number of nitrogens with zero attached hydrogens (tertiary/aromatic N) is 3. The Labute approximate surface area is 98.5 Å². The van der Waals surface area contributed by atoms with E-state index in [2.05, 4.69) is 10.3 Å². The van der Waals surface area contributed by atoms with Gasteiger partial charge in [-0.3, -0.25) is 0 Å². The van der Waals surface area contributed by atoms with E-state index in [4.69, 9.17) is 16.7 Å². The average molecular weight is 238 g/mol. The van der Waals surface area contributed by atoms with Crippen LogP contribution >= 0.6 is 11.6 Å². The molecule has 0 aliphatic carbocycles. The first-order chi connectivity index (χ1) is 7.81. The molecule has 0 saturated carbocycles. The molecule has 0 bridgehead atoms. The molecule has 16 heavy (non-hydrogen) atoms. The Kier molecular flexibility index (Phi) is 3.54. The molecular weight excluding hydrogens is 226 g/mol. The van der Waals surface area contributed by atoms with Gasteiger partial charge in [-0.15, -0.1) is 5.10 Å². The Hall–Kier alpha value is -1.39. The molecule has 84 valence electrons. The molecular formula is C11H12ClN3O. The van der Waals surface area contributed by atoms with Gasteiger partial charge in [-0.25, -0.2) is 4.68 Å². The molecule has 2 rings (SSSR count). The third-order valence-electron chi connectivity index (χ3n) is 2.27. The van der Waals surface area contributed by atoms with Crippen LogP contribution < -0.4 is 0 Å². The van der Waals surface area contributed by atoms with Crippen LogP contribution in [0.2, 0.25) is 5.02 Å². The summed E-state index contributed by atoms with van der Waals surface area (Å²) in [4.78, 5) is 0. The van der Waals surface area contributed by atoms with E-state index in [1.165, 1.54) is 0 Å². The highest BCUT2D eigenvalue weighted by Gasteiger charge is 2.06. The number of hydrogen-bond donors (Lipinski definition) is 1. The molecule has 4 nitrogen and oxygen atoms in total. The fourth-order valence-electron chi connectivity index (χ4n) is 1.51. The summed E-state index contributed by atoms with van der Waals surface area (Å²) in [6.07, 6.45) is 2.36. The van der Waals surface area contributed by atoms with Gasteiger partial charge in [0, 0.05) is 23.7 Å². The predicted molar refractivity (Wildman–Crippen MR) is 62.2 cm³/mol. The molecule has 0 amide bonds. The van der Waals surface area contributed by atoms with Gasteiger partial charge in [0.1, 0.15) is 0 Å². The number of aliphatic hydroxyl groups is 1. The topological polar surface area (TPSA) is 50.9 Å². The van der Waals surface area contributed by atoms with E-state index >= 15 is 0 Å². The first-order valence-corrected chi connectivity index (χ1v) is 5.44. The molecule has 0 aliphatic rings. The Morgan fingerprint density at radius 3 is 3.00 bits per heavy atom. The molecule has 0 saturated heterocycles. The number of rotatable bonds is 4. The Bertz CT molecular complexity index is 470. The lowest BCUT2D eigenvalue weighted by Crippen LogP contribution is -2.04. The molecule has 1 aromatic heterocycles. The van der Waals surface area contributed by atoms with Crippen molar-refractivity contribution >= 4 is 11.6 Å². The van der Waals surface area contributed by atoms with E-state index in [-0.39, 0.29) is 6.61 Å². The number of halogens is 1. The highest BCUT2D eigenvalue weighted by atomic mass is 35.5. The molecule has 1 aromatic carbocycles. The molecule has 0 spiro atoms. The molecule has 2 aromatic rings. The minimum absolute atomic E-state index is 0.148. The maximum atomic E-state index is 8.79. The third-order valence-corrected chi connectivity index (χ3v) is 2.50. The van der Waals surface area contributed by atoms with E-state index < -0.39 is 0 Å². The zero-order valence-electron chi connectivity index (χ0n) is 8.67. The Balaban J connectivity index is 2.29. The van der Waals surface area contributed by atoms with Crippen molar-refractivity contribution in [2.24, 2.45) is 0 Å². The summed E-state index contributed by atoms with van der Waals surface area (Å²) in [5.74, 6) is 0. The second-order valence-electron chi connectivity index (χ2n) is 3.43. The molecule has 1 N–H and O–H groups in total. The van der Waals surface area contributed by atoms with Crippen molar-refractivity contribution in [3.63, 3.8) is 0 Å². The van der Waals surface area contributed by atoms with Crippen molar-refractivity contribution in [1.29, 1.82) is 0 Å². The third kappa shape index (κ3) is 2.40. The van der Waals surface area contributed by atoms with E-state index in [9.17, 15) is 0 Å². The van der Waals surface area contributed by atoms with E-state index in [0.29, 0.717) is 18.0 Å². The van der Waals surface area contributed by atoms with E-state index in [1.54, 1.807) is 10.9 Å². The second kappa shape index (κ2) is 5.09. The van der Waals surface area contributed by atoms with Crippen LogP contribution in [0.5, 0.6) is 0 Å². The number of benzene rings is 1. The average Bonchev–Trinajstić information content (AvgIpc) is 2.74. The summed E-state index contributed by atoms with van der Waals surface area (Å²) in [7, 11) is 0. The van der Waals surface area contributed by atoms with E-state index in [1.807, 2.05) is 24.3 Å². The zero-order valence-corrected chi connectivity index (χ0v) is 9.43. The summed E-state index contributed by atoms with van der Waals surface area (Å²) in [5, 5.41) is 17.3. The summed E-state index contributed by atoms with van der Waals surface area (Å²) in [5.41, 5.74) is 1.89. The van der Waals surface area contributed by atoms with Gasteiger partial charge in [-0.2, -0.15) is 0 Å². The van der Waals surface area contributed by atoms with Crippen LogP contribution in [-0.4, -0.2) is 26.7 Å². The standard InChI is InChI=1S/C11H12ClN3O/c12-10-4-1-3-9(7-10)11-8-13-14-15(11)5-2-6-16/h1,3-4,7-8,16H,2,5-6H2. The van der Waals surface area contributed by atoms with Crippen molar-refractivity contribution in [2.75, 3.05) is 6.61 Å². The number of hydrogen-bond acceptors (Lipinski definition) is 3. The van der Waals surface area contributed by atoms with Gasteiger partial charge in [0.05, 0.1) is 11.9 Å². The molecule has 0 atom stereocenters. The van der Waals surface area contributed by atoms with Gasteiger partial charge in [-0.1, -0.05) is 28.9 Å². The van der Waals surface area contributed by atoms with Gasteiger partial charge in [-0.05, 0) is 18.6 Å². The van der Waals surface area contributed by atoms with Crippen molar-refractivity contribution in [1.82, 2.24) is 15.0 Å². The molecule has 0 aliphatic heterocycles. The molecule has 0 radical (unpaired) electrons. The molecule has 1 heterocycles. The normalized spacial score (nSPS) is 10.6. The van der Waals surface area contributed by atoms with Crippen LogP contribution in [0.3, 0.4) is 0 Å². The molecule has 0 unspecified atom stereocenters. The lowest BCUT2D eigenvalue weighted by atomic mass is 10.2. The Morgan fingerprint density at radius 1 is 1.38 bits per heavy atom. The number of aryl methyl sites for hydroxylation is 1. The quantitative estimate of drug-likeness (QED) is 0.885. The summed E-state index contributed by atoms with van der Waals surface area (Å²) >= 11 is 5.93. The second-order valence-corrected chi connectivity index (χ2v) is 3.87. The van der Waals surface area contributed by atoms with Gasteiger partial charge in [0.15, 0.2) is 0 Å². The fourth-order valence-corrected chi connectivity index (χ4v) is 1.70. The van der Waals surface area contributed by atoms with Crippen LogP contribution in [-0.2, 0) is 6.54 Å². The fraction of sp³-hybridized carbons (Fsp3) is 0.273. The van der Waals surface area contributed by atoms with Crippen molar-refractivity contribution < 1.29 is 5.11 Å². The van der Waals surface area contributed by atoms with Crippen molar-refractivity contribution in [3.05, 3.63) is 35.5 Å². The smallest absolute Gasteiger partial charge is 0.0886 e. The highest BCUT2D eigenvalue weighted by Crippen LogP contribution is 2.21. The van der Waals surface area contributed by atoms with Crippen LogP contribution in [0, 0.1) is 0 Å². The van der Waals surface area contributed by atoms with Crippen LogP contribution in [0.15, 0.2) is 30.5 Å². The lowest BCUT2D eigenvalue weighted by Gasteiger charge is -2.05. The van der Waals surface area contributed by atoms with Crippen molar-refractivity contribution in [2.45, 2.75) is 13.0 Å². The first kappa shape index (κ1) is 11.1. The van der Waals surface area contributed by atoms with Gasteiger partial charge < -0.3 is 5.11 Å². The molecule has 0 fully saturated rings. The van der Waals surface area contributed by atoms with Crippen LogP contribution in [0.4, 0.5) is 0 Å². The van der Waals surface area contributed by atoms with Gasteiger partial charge in [0.2, 0.25) is 0 Å². The number of aliphatic hydroxyl groups excluding tert-OH is 1. The first-order valence-electron chi connectivity index (χ1n) is 5.06. The number of aromatic nitrogens is 3. The van der Waals surface area contributed by atoms with E-state index in [0.717, 1.165) is 11.3 Å². The Morgan fingerprint density at radius 2 is 2.25 bits per heavy atom.